The van der Waals surface area contributed by atoms with Crippen LogP contribution in [0, 0.1) is 0 Å². The van der Waals surface area contributed by atoms with Gasteiger partial charge in [-0.15, -0.1) is 0 Å². The Morgan fingerprint density at radius 3 is 2.58 bits per heavy atom. The van der Waals surface area contributed by atoms with Gasteiger partial charge in [-0.1, -0.05) is 43.5 Å². The fraction of sp³-hybridized carbons (Fsp3) is 0.100. The molecule has 12 heavy (non-hydrogen) atoms. The Kier molecular flexibility index (Phi) is 6.55. The molecule has 0 bridgehead atoms. The Labute approximate surface area is 73.0 Å². The molecule has 0 spiro atoms. The number of amides is 1. The van der Waals surface area contributed by atoms with E-state index in [0.717, 1.165) is 5.57 Å². The summed E-state index contributed by atoms with van der Waals surface area (Å²) in [6.07, 6.45) is 9.56. The van der Waals surface area contributed by atoms with Crippen molar-refractivity contribution in [1.82, 2.24) is 5.32 Å². The Balaban J connectivity index is 4.02. The average molecular weight is 163 g/mol. The smallest absolute Gasteiger partial charge is 0.207 e. The zero-order chi connectivity index (χ0) is 9.23. The number of hydrogen-bond donors (Lipinski definition) is 1. The van der Waals surface area contributed by atoms with Gasteiger partial charge in [-0.3, -0.25) is 4.79 Å². The molecule has 0 saturated carbocycles. The summed E-state index contributed by atoms with van der Waals surface area (Å²) in [5.74, 6) is 0. The Morgan fingerprint density at radius 1 is 1.33 bits per heavy atom. The number of hydrogen-bond acceptors (Lipinski definition) is 1. The summed E-state index contributed by atoms with van der Waals surface area (Å²) in [5, 5.41) is 2.55. The van der Waals surface area contributed by atoms with Gasteiger partial charge in [0, 0.05) is 6.54 Å². The summed E-state index contributed by atoms with van der Waals surface area (Å²) in [7, 11) is 0. The van der Waals surface area contributed by atoms with E-state index in [1.165, 1.54) is 0 Å². The first-order chi connectivity index (χ1) is 5.85. The van der Waals surface area contributed by atoms with Crippen molar-refractivity contribution >= 4 is 6.41 Å². The molecule has 2 nitrogen and oxygen atoms in total. The highest BCUT2D eigenvalue weighted by Gasteiger charge is 1.86. The highest BCUT2D eigenvalue weighted by Crippen LogP contribution is 1.93. The molecule has 0 atom stereocenters. The lowest BCUT2D eigenvalue weighted by Crippen LogP contribution is -2.13. The molecule has 0 aliphatic heterocycles. The number of carbonyl (C=O) groups is 1. The van der Waals surface area contributed by atoms with E-state index >= 15 is 0 Å². The summed E-state index contributed by atoms with van der Waals surface area (Å²) in [5.41, 5.74) is 0.959. The predicted molar refractivity (Wildman–Crippen MR) is 51.7 cm³/mol. The summed E-state index contributed by atoms with van der Waals surface area (Å²) in [4.78, 5) is 9.95. The SMILES string of the molecule is C=C/C=C\C=C(/C=C)CNC=O. The van der Waals surface area contributed by atoms with Crippen LogP contribution in [-0.2, 0) is 4.79 Å². The van der Waals surface area contributed by atoms with Gasteiger partial charge in [0.1, 0.15) is 0 Å². The average Bonchev–Trinajstić information content (AvgIpc) is 2.11. The van der Waals surface area contributed by atoms with E-state index in [1.807, 2.05) is 18.2 Å². The molecular weight excluding hydrogens is 150 g/mol. The van der Waals surface area contributed by atoms with Crippen molar-refractivity contribution in [3.63, 3.8) is 0 Å². The minimum absolute atomic E-state index is 0.508. The first kappa shape index (κ1) is 10.4. The van der Waals surface area contributed by atoms with Crippen molar-refractivity contribution in [2.24, 2.45) is 0 Å². The third kappa shape index (κ3) is 5.23. The first-order valence-electron chi connectivity index (χ1n) is 3.63. The number of rotatable bonds is 6. The minimum atomic E-state index is 0.508. The molecule has 64 valence electrons. The molecule has 0 unspecified atom stereocenters. The second kappa shape index (κ2) is 7.54. The van der Waals surface area contributed by atoms with E-state index in [4.69, 9.17) is 0 Å². The molecule has 0 rings (SSSR count). The third-order valence-electron chi connectivity index (χ3n) is 1.21. The van der Waals surface area contributed by atoms with Gasteiger partial charge in [-0.2, -0.15) is 0 Å². The standard InChI is InChI=1S/C10H13NO/c1-3-5-6-7-10(4-2)8-11-9-12/h3-7,9H,1-2,8H2,(H,11,12)/b6-5-,10-7+. The fourth-order valence-corrected chi connectivity index (χ4v) is 0.616. The highest BCUT2D eigenvalue weighted by atomic mass is 16.1. The van der Waals surface area contributed by atoms with Gasteiger partial charge in [0.2, 0.25) is 6.41 Å². The molecule has 0 aliphatic carbocycles. The van der Waals surface area contributed by atoms with Crippen LogP contribution in [0.4, 0.5) is 0 Å². The van der Waals surface area contributed by atoms with E-state index in [1.54, 1.807) is 12.2 Å². The Hall–Kier alpha value is -1.57. The molecular formula is C10H13NO. The second-order valence-electron chi connectivity index (χ2n) is 2.07. The lowest BCUT2D eigenvalue weighted by molar-refractivity contribution is -0.109. The van der Waals surface area contributed by atoms with Gasteiger partial charge in [0.05, 0.1) is 0 Å². The molecule has 0 radical (unpaired) electrons. The van der Waals surface area contributed by atoms with Gasteiger partial charge in [0.15, 0.2) is 0 Å². The molecule has 1 amide bonds. The van der Waals surface area contributed by atoms with Crippen LogP contribution in [0.3, 0.4) is 0 Å². The van der Waals surface area contributed by atoms with Crippen LogP contribution >= 0.6 is 0 Å². The zero-order valence-electron chi connectivity index (χ0n) is 6.99. The van der Waals surface area contributed by atoms with Crippen molar-refractivity contribution in [3.05, 3.63) is 49.1 Å². The van der Waals surface area contributed by atoms with Crippen LogP contribution < -0.4 is 5.32 Å². The Bertz CT molecular complexity index is 214. The second-order valence-corrected chi connectivity index (χ2v) is 2.07. The molecule has 0 heterocycles. The van der Waals surface area contributed by atoms with E-state index in [-0.39, 0.29) is 0 Å². The van der Waals surface area contributed by atoms with Gasteiger partial charge < -0.3 is 5.32 Å². The van der Waals surface area contributed by atoms with Crippen molar-refractivity contribution < 1.29 is 4.79 Å². The lowest BCUT2D eigenvalue weighted by Gasteiger charge is -1.97. The van der Waals surface area contributed by atoms with Crippen LogP contribution in [0.25, 0.3) is 0 Å². The molecule has 1 N–H and O–H groups in total. The largest absolute Gasteiger partial charge is 0.355 e. The van der Waals surface area contributed by atoms with Crippen molar-refractivity contribution in [3.8, 4) is 0 Å². The lowest BCUT2D eigenvalue weighted by atomic mass is 10.2. The minimum Gasteiger partial charge on any atom is -0.355 e. The number of allylic oxidation sites excluding steroid dienone is 4. The van der Waals surface area contributed by atoms with E-state index in [0.29, 0.717) is 13.0 Å². The Morgan fingerprint density at radius 2 is 2.08 bits per heavy atom. The molecule has 0 aromatic carbocycles. The molecule has 0 aromatic rings. The zero-order valence-corrected chi connectivity index (χ0v) is 6.99. The fourth-order valence-electron chi connectivity index (χ4n) is 0.616. The van der Waals surface area contributed by atoms with Crippen molar-refractivity contribution in [2.75, 3.05) is 6.54 Å². The molecule has 0 aromatic heterocycles. The van der Waals surface area contributed by atoms with Gasteiger partial charge in [-0.25, -0.2) is 0 Å². The molecule has 2 heteroatoms. The molecule has 0 aliphatic rings. The van der Waals surface area contributed by atoms with Crippen LogP contribution in [-0.4, -0.2) is 13.0 Å². The summed E-state index contributed by atoms with van der Waals surface area (Å²) >= 11 is 0. The summed E-state index contributed by atoms with van der Waals surface area (Å²) < 4.78 is 0. The maximum atomic E-state index is 9.95. The summed E-state index contributed by atoms with van der Waals surface area (Å²) in [6, 6.07) is 0. The van der Waals surface area contributed by atoms with Crippen LogP contribution in [0.2, 0.25) is 0 Å². The highest BCUT2D eigenvalue weighted by molar-refractivity contribution is 5.47. The monoisotopic (exact) mass is 163 g/mol. The normalized spacial score (nSPS) is 11.2. The molecule has 0 saturated heterocycles. The van der Waals surface area contributed by atoms with Gasteiger partial charge >= 0.3 is 0 Å². The third-order valence-corrected chi connectivity index (χ3v) is 1.21. The number of carbonyl (C=O) groups excluding carboxylic acids is 1. The molecule has 0 fully saturated rings. The van der Waals surface area contributed by atoms with Gasteiger partial charge in [0.25, 0.3) is 0 Å². The predicted octanol–water partition coefficient (Wildman–Crippen LogP) is 1.59. The number of nitrogens with one attached hydrogen (secondary N) is 1. The van der Waals surface area contributed by atoms with E-state index in [2.05, 4.69) is 18.5 Å². The summed E-state index contributed by atoms with van der Waals surface area (Å²) in [6.45, 7) is 7.65. The first-order valence-corrected chi connectivity index (χ1v) is 3.63. The van der Waals surface area contributed by atoms with E-state index in [9.17, 15) is 4.79 Å². The topological polar surface area (TPSA) is 29.1 Å². The maximum Gasteiger partial charge on any atom is 0.207 e. The van der Waals surface area contributed by atoms with Crippen molar-refractivity contribution in [1.29, 1.82) is 0 Å². The van der Waals surface area contributed by atoms with Crippen LogP contribution in [0.5, 0.6) is 0 Å². The van der Waals surface area contributed by atoms with Crippen LogP contribution in [0.15, 0.2) is 49.1 Å². The van der Waals surface area contributed by atoms with Crippen molar-refractivity contribution in [2.45, 2.75) is 0 Å². The van der Waals surface area contributed by atoms with Crippen LogP contribution in [0.1, 0.15) is 0 Å². The quantitative estimate of drug-likeness (QED) is 0.467. The van der Waals surface area contributed by atoms with E-state index < -0.39 is 0 Å². The maximum absolute atomic E-state index is 9.95. The van der Waals surface area contributed by atoms with Gasteiger partial charge in [-0.05, 0) is 5.57 Å².